The number of carbonyl (C=O) groups is 3. The summed E-state index contributed by atoms with van der Waals surface area (Å²) in [5.74, 6) is -1.36. The Morgan fingerprint density at radius 1 is 1.10 bits per heavy atom. The van der Waals surface area contributed by atoms with Crippen LogP contribution in [0.4, 0.5) is 0 Å². The quantitative estimate of drug-likeness (QED) is 0.532. The number of hydrogen-bond acceptors (Lipinski definition) is 4. The van der Waals surface area contributed by atoms with Gasteiger partial charge in [0.05, 0.1) is 6.42 Å². The Morgan fingerprint density at radius 3 is 2.39 bits per heavy atom. The highest BCUT2D eigenvalue weighted by Gasteiger charge is 2.29. The van der Waals surface area contributed by atoms with E-state index in [0.717, 1.165) is 16.5 Å². The maximum absolute atomic E-state index is 13.1. The molecule has 0 aliphatic heterocycles. The van der Waals surface area contributed by atoms with Gasteiger partial charge in [-0.05, 0) is 44.7 Å². The highest BCUT2D eigenvalue weighted by molar-refractivity contribution is 5.91. The molecule has 7 heteroatoms. The summed E-state index contributed by atoms with van der Waals surface area (Å²) in [5, 5.41) is 6.51. The van der Waals surface area contributed by atoms with Gasteiger partial charge in [0.15, 0.2) is 0 Å². The third kappa shape index (κ3) is 7.42. The lowest BCUT2D eigenvalue weighted by molar-refractivity contribution is -0.157. The summed E-state index contributed by atoms with van der Waals surface area (Å²) in [6.45, 7) is 9.39. The first-order valence-electron chi connectivity index (χ1n) is 10.8. The number of amides is 2. The van der Waals surface area contributed by atoms with Crippen LogP contribution in [-0.2, 0) is 25.5 Å². The Labute approximate surface area is 184 Å². The Bertz CT molecular complexity index is 911. The molecule has 1 aromatic carbocycles. The molecule has 1 aromatic heterocycles. The topological polar surface area (TPSA) is 100 Å². The van der Waals surface area contributed by atoms with Gasteiger partial charge in [-0.1, -0.05) is 32.0 Å². The lowest BCUT2D eigenvalue weighted by Gasteiger charge is -2.24. The largest absolute Gasteiger partial charge is 0.460 e. The summed E-state index contributed by atoms with van der Waals surface area (Å²) in [5.41, 5.74) is 1.30. The second-order valence-electron chi connectivity index (χ2n) is 9.36. The van der Waals surface area contributed by atoms with Crippen LogP contribution in [0.15, 0.2) is 30.5 Å². The number of nitrogens with one attached hydrogen (secondary N) is 3. The van der Waals surface area contributed by atoms with Gasteiger partial charge >= 0.3 is 5.97 Å². The van der Waals surface area contributed by atoms with Gasteiger partial charge < -0.3 is 20.4 Å². The van der Waals surface area contributed by atoms with Crippen LogP contribution in [0.1, 0.15) is 53.0 Å². The molecule has 1 heterocycles. The number of ether oxygens (including phenoxy) is 1. The van der Waals surface area contributed by atoms with Gasteiger partial charge in [0.2, 0.25) is 11.8 Å². The fourth-order valence-corrected chi connectivity index (χ4v) is 3.63. The predicted octanol–water partition coefficient (Wildman–Crippen LogP) is 3.34. The SMILES string of the molecule is CNC(=O)[C@H](Cc1c[nH]c2ccccc12)NC(=O)[C@@H](CC(=O)OC(C)(C)C)CC(C)C. The number of rotatable bonds is 9. The van der Waals surface area contributed by atoms with Crippen molar-refractivity contribution in [3.63, 3.8) is 0 Å². The Balaban J connectivity index is 2.17. The van der Waals surface area contributed by atoms with Crippen molar-refractivity contribution in [2.45, 2.75) is 65.5 Å². The normalized spacial score (nSPS) is 13.6. The molecule has 0 bridgehead atoms. The first-order valence-corrected chi connectivity index (χ1v) is 10.8. The van der Waals surface area contributed by atoms with Gasteiger partial charge in [-0.25, -0.2) is 0 Å². The van der Waals surface area contributed by atoms with Crippen molar-refractivity contribution in [3.8, 4) is 0 Å². The van der Waals surface area contributed by atoms with Crippen LogP contribution in [0, 0.1) is 11.8 Å². The number of benzene rings is 1. The monoisotopic (exact) mass is 429 g/mol. The molecule has 2 amide bonds. The van der Waals surface area contributed by atoms with Crippen LogP contribution in [0.5, 0.6) is 0 Å². The Hall–Kier alpha value is -2.83. The van der Waals surface area contributed by atoms with Crippen molar-refractivity contribution in [1.82, 2.24) is 15.6 Å². The van der Waals surface area contributed by atoms with Gasteiger partial charge in [-0.15, -0.1) is 0 Å². The molecular weight excluding hydrogens is 394 g/mol. The van der Waals surface area contributed by atoms with Gasteiger partial charge in [0.1, 0.15) is 11.6 Å². The molecule has 0 aliphatic carbocycles. The van der Waals surface area contributed by atoms with E-state index >= 15 is 0 Å². The van der Waals surface area contributed by atoms with Crippen LogP contribution < -0.4 is 10.6 Å². The fraction of sp³-hybridized carbons (Fsp3) is 0.542. The van der Waals surface area contributed by atoms with Crippen LogP contribution in [0.2, 0.25) is 0 Å². The molecule has 2 atom stereocenters. The zero-order valence-corrected chi connectivity index (χ0v) is 19.4. The highest BCUT2D eigenvalue weighted by Crippen LogP contribution is 2.21. The average molecular weight is 430 g/mol. The van der Waals surface area contributed by atoms with Crippen molar-refractivity contribution in [3.05, 3.63) is 36.0 Å². The molecule has 31 heavy (non-hydrogen) atoms. The van der Waals surface area contributed by atoms with Crippen molar-refractivity contribution >= 4 is 28.7 Å². The maximum atomic E-state index is 13.1. The summed E-state index contributed by atoms with van der Waals surface area (Å²) in [6.07, 6.45) is 2.71. The molecule has 3 N–H and O–H groups in total. The van der Waals surface area contributed by atoms with Gasteiger partial charge in [-0.3, -0.25) is 14.4 Å². The van der Waals surface area contributed by atoms with Crippen molar-refractivity contribution in [2.75, 3.05) is 7.05 Å². The Kier molecular flexibility index (Phi) is 8.25. The zero-order valence-electron chi connectivity index (χ0n) is 19.4. The van der Waals surface area contributed by atoms with Gasteiger partial charge in [0, 0.05) is 36.5 Å². The molecule has 0 aliphatic rings. The molecular formula is C24H35N3O4. The molecule has 0 unspecified atom stereocenters. The highest BCUT2D eigenvalue weighted by atomic mass is 16.6. The standard InChI is InChI=1S/C24H35N3O4/c1-15(2)11-16(13-21(28)31-24(3,4)5)22(29)27-20(23(30)25-6)12-17-14-26-19-10-8-7-9-18(17)19/h7-10,14-16,20,26H,11-13H2,1-6H3,(H,25,30)(H,27,29)/t16-,20+/m1/s1. The second-order valence-corrected chi connectivity index (χ2v) is 9.36. The number of aromatic nitrogens is 1. The van der Waals surface area contributed by atoms with Gasteiger partial charge in [0.25, 0.3) is 0 Å². The number of H-pyrrole nitrogens is 1. The first-order chi connectivity index (χ1) is 14.5. The molecule has 7 nitrogen and oxygen atoms in total. The minimum absolute atomic E-state index is 0.0190. The number of likely N-dealkylation sites (N-methyl/N-ethyl adjacent to an activating group) is 1. The lowest BCUT2D eigenvalue weighted by atomic mass is 9.92. The smallest absolute Gasteiger partial charge is 0.307 e. The minimum atomic E-state index is -0.745. The number of esters is 1. The number of aromatic amines is 1. The summed E-state index contributed by atoms with van der Waals surface area (Å²) in [4.78, 5) is 41.2. The molecule has 0 saturated heterocycles. The minimum Gasteiger partial charge on any atom is -0.460 e. The zero-order chi connectivity index (χ0) is 23.2. The third-order valence-corrected chi connectivity index (χ3v) is 4.94. The summed E-state index contributed by atoms with van der Waals surface area (Å²) < 4.78 is 5.40. The van der Waals surface area contributed by atoms with Crippen LogP contribution >= 0.6 is 0 Å². The van der Waals surface area contributed by atoms with E-state index in [9.17, 15) is 14.4 Å². The number of fused-ring (bicyclic) bond motifs is 1. The molecule has 2 rings (SSSR count). The van der Waals surface area contributed by atoms with Crippen LogP contribution in [-0.4, -0.2) is 41.5 Å². The molecule has 0 radical (unpaired) electrons. The molecule has 0 spiro atoms. The average Bonchev–Trinajstić information content (AvgIpc) is 3.07. The van der Waals surface area contributed by atoms with Crippen LogP contribution in [0.25, 0.3) is 10.9 Å². The van der Waals surface area contributed by atoms with E-state index in [2.05, 4.69) is 15.6 Å². The molecule has 2 aromatic rings. The van der Waals surface area contributed by atoms with Crippen LogP contribution in [0.3, 0.4) is 0 Å². The fourth-order valence-electron chi connectivity index (χ4n) is 3.63. The van der Waals surface area contributed by atoms with E-state index in [1.54, 1.807) is 27.8 Å². The predicted molar refractivity (Wildman–Crippen MR) is 121 cm³/mol. The van der Waals surface area contributed by atoms with E-state index in [1.807, 2.05) is 44.3 Å². The van der Waals surface area contributed by atoms with Crippen molar-refractivity contribution in [1.29, 1.82) is 0 Å². The van der Waals surface area contributed by atoms with E-state index in [-0.39, 0.29) is 24.2 Å². The molecule has 0 saturated carbocycles. The van der Waals surface area contributed by atoms with E-state index in [0.29, 0.717) is 12.8 Å². The maximum Gasteiger partial charge on any atom is 0.307 e. The van der Waals surface area contributed by atoms with Crippen molar-refractivity contribution < 1.29 is 19.1 Å². The van der Waals surface area contributed by atoms with E-state index < -0.39 is 23.5 Å². The number of carbonyl (C=O) groups excluding carboxylic acids is 3. The van der Waals surface area contributed by atoms with Gasteiger partial charge in [-0.2, -0.15) is 0 Å². The number of hydrogen-bond donors (Lipinski definition) is 3. The third-order valence-electron chi connectivity index (χ3n) is 4.94. The molecule has 0 fully saturated rings. The molecule has 170 valence electrons. The second kappa shape index (κ2) is 10.5. The summed E-state index contributed by atoms with van der Waals surface area (Å²) in [6, 6.07) is 7.07. The van der Waals surface area contributed by atoms with E-state index in [4.69, 9.17) is 4.74 Å². The Morgan fingerprint density at radius 2 is 1.77 bits per heavy atom. The summed E-state index contributed by atoms with van der Waals surface area (Å²) >= 11 is 0. The van der Waals surface area contributed by atoms with E-state index in [1.165, 1.54) is 0 Å². The lowest BCUT2D eigenvalue weighted by Crippen LogP contribution is -2.49. The summed E-state index contributed by atoms with van der Waals surface area (Å²) in [7, 11) is 1.54. The van der Waals surface area contributed by atoms with Crippen molar-refractivity contribution in [2.24, 2.45) is 11.8 Å². The number of para-hydroxylation sites is 1. The first kappa shape index (κ1) is 24.4.